The Hall–Kier alpha value is -3.75. The minimum atomic E-state index is -4.71. The molecule has 3 rings (SSSR count). The Morgan fingerprint density at radius 2 is 1.58 bits per heavy atom. The number of alkyl halides is 6. The molecule has 0 aliphatic carbocycles. The number of halogens is 6. The summed E-state index contributed by atoms with van der Waals surface area (Å²) in [6, 6.07) is 1.44. The van der Waals surface area contributed by atoms with E-state index in [-0.39, 0.29) is 49.0 Å². The van der Waals surface area contributed by atoms with Crippen LogP contribution in [-0.4, -0.2) is 72.3 Å². The molecule has 2 aromatic rings. The van der Waals surface area contributed by atoms with E-state index >= 15 is 0 Å². The summed E-state index contributed by atoms with van der Waals surface area (Å²) in [5.41, 5.74) is 2.78. The van der Waals surface area contributed by atoms with Crippen molar-refractivity contribution >= 4 is 24.0 Å². The molecule has 0 spiro atoms. The number of hydrogen-bond donors (Lipinski definition) is 2. The van der Waals surface area contributed by atoms with Gasteiger partial charge >= 0.3 is 12.4 Å². The van der Waals surface area contributed by atoms with Crippen molar-refractivity contribution in [3.63, 3.8) is 0 Å². The Labute approximate surface area is 213 Å². The smallest absolute Gasteiger partial charge is 0.381 e. The normalized spacial score (nSPS) is 14.5. The van der Waals surface area contributed by atoms with Crippen molar-refractivity contribution in [2.45, 2.75) is 25.2 Å². The van der Waals surface area contributed by atoms with E-state index in [1.807, 2.05) is 0 Å². The number of piperazine rings is 1. The molecule has 9 nitrogen and oxygen atoms in total. The van der Waals surface area contributed by atoms with Gasteiger partial charge in [-0.1, -0.05) is 0 Å². The molecule has 1 aromatic carbocycles. The monoisotopic (exact) mass is 546 g/mol. The zero-order chi connectivity index (χ0) is 28.1. The molecule has 1 fully saturated rings. The molecular weight excluding hydrogens is 522 g/mol. The van der Waals surface area contributed by atoms with Gasteiger partial charge in [-0.25, -0.2) is 9.97 Å². The van der Waals surface area contributed by atoms with Crippen LogP contribution >= 0.6 is 0 Å². The minimum absolute atomic E-state index is 0.00331. The molecule has 1 saturated heterocycles. The van der Waals surface area contributed by atoms with Gasteiger partial charge in [0.2, 0.25) is 17.8 Å². The number of aromatic nitrogens is 2. The van der Waals surface area contributed by atoms with Crippen molar-refractivity contribution in [2.24, 2.45) is 5.73 Å². The SMILES string of the molecule is N=Cc1c(CCOCCC(=O)N2CCN(c3ncc(C(F)(F)F)cn3)CC2)cc(C(F)(F)F)cc1C(N)=O. The van der Waals surface area contributed by atoms with Crippen LogP contribution in [0.5, 0.6) is 0 Å². The first-order valence-corrected chi connectivity index (χ1v) is 11.4. The number of benzene rings is 1. The fourth-order valence-corrected chi connectivity index (χ4v) is 3.85. The number of hydrogen-bond acceptors (Lipinski definition) is 7. The highest BCUT2D eigenvalue weighted by Crippen LogP contribution is 2.32. The zero-order valence-corrected chi connectivity index (χ0v) is 19.9. The van der Waals surface area contributed by atoms with E-state index < -0.39 is 35.0 Å². The van der Waals surface area contributed by atoms with Crippen LogP contribution in [0, 0.1) is 5.41 Å². The summed E-state index contributed by atoms with van der Waals surface area (Å²) in [5, 5.41) is 7.47. The average Bonchev–Trinajstić information content (AvgIpc) is 2.86. The molecule has 0 atom stereocenters. The van der Waals surface area contributed by atoms with Crippen LogP contribution in [0.25, 0.3) is 0 Å². The van der Waals surface area contributed by atoms with E-state index in [0.717, 1.165) is 12.3 Å². The summed E-state index contributed by atoms with van der Waals surface area (Å²) in [5.74, 6) is -1.19. The lowest BCUT2D eigenvalue weighted by Gasteiger charge is -2.34. The molecule has 3 N–H and O–H groups in total. The number of nitrogens with one attached hydrogen (secondary N) is 1. The lowest BCUT2D eigenvalue weighted by atomic mass is 9.95. The van der Waals surface area contributed by atoms with Crippen molar-refractivity contribution in [3.05, 3.63) is 52.3 Å². The number of rotatable bonds is 9. The van der Waals surface area contributed by atoms with Gasteiger partial charge in [0.15, 0.2) is 0 Å². The number of anilines is 1. The average molecular weight is 546 g/mol. The quantitative estimate of drug-likeness (QED) is 0.283. The zero-order valence-electron chi connectivity index (χ0n) is 19.9. The Morgan fingerprint density at radius 3 is 2.11 bits per heavy atom. The van der Waals surface area contributed by atoms with Crippen molar-refractivity contribution < 1.29 is 40.7 Å². The van der Waals surface area contributed by atoms with E-state index in [1.165, 1.54) is 0 Å². The van der Waals surface area contributed by atoms with Gasteiger partial charge in [-0.3, -0.25) is 9.59 Å². The lowest BCUT2D eigenvalue weighted by Crippen LogP contribution is -2.49. The second-order valence-electron chi connectivity index (χ2n) is 8.35. The number of amides is 2. The second-order valence-corrected chi connectivity index (χ2v) is 8.35. The third-order valence-electron chi connectivity index (χ3n) is 5.86. The van der Waals surface area contributed by atoms with E-state index in [1.54, 1.807) is 9.80 Å². The number of ether oxygens (including phenoxy) is 1. The number of carbonyl (C=O) groups is 2. The van der Waals surface area contributed by atoms with Gasteiger partial charge in [0, 0.05) is 55.9 Å². The van der Waals surface area contributed by atoms with Gasteiger partial charge in [0.25, 0.3) is 0 Å². The fraction of sp³-hybridized carbons (Fsp3) is 0.435. The van der Waals surface area contributed by atoms with Crippen LogP contribution in [0.4, 0.5) is 32.3 Å². The number of nitrogens with zero attached hydrogens (tertiary/aromatic N) is 4. The van der Waals surface area contributed by atoms with E-state index in [0.29, 0.717) is 44.6 Å². The van der Waals surface area contributed by atoms with Crippen LogP contribution in [-0.2, 0) is 28.3 Å². The predicted molar refractivity (Wildman–Crippen MR) is 123 cm³/mol. The van der Waals surface area contributed by atoms with Crippen LogP contribution in [0.3, 0.4) is 0 Å². The van der Waals surface area contributed by atoms with Gasteiger partial charge in [-0.2, -0.15) is 26.3 Å². The Bertz CT molecular complexity index is 1160. The molecule has 15 heteroatoms. The van der Waals surface area contributed by atoms with Crippen LogP contribution in [0.2, 0.25) is 0 Å². The lowest BCUT2D eigenvalue weighted by molar-refractivity contribution is -0.138. The highest BCUT2D eigenvalue weighted by molar-refractivity contribution is 6.02. The van der Waals surface area contributed by atoms with Gasteiger partial charge in [-0.05, 0) is 24.1 Å². The minimum Gasteiger partial charge on any atom is -0.381 e. The topological polar surface area (TPSA) is 126 Å². The van der Waals surface area contributed by atoms with E-state index in [9.17, 15) is 35.9 Å². The maximum Gasteiger partial charge on any atom is 0.419 e. The third-order valence-corrected chi connectivity index (χ3v) is 5.86. The maximum absolute atomic E-state index is 13.2. The summed E-state index contributed by atoms with van der Waals surface area (Å²) in [7, 11) is 0. The third kappa shape index (κ3) is 7.18. The first-order chi connectivity index (χ1) is 17.8. The predicted octanol–water partition coefficient (Wildman–Crippen LogP) is 2.91. The van der Waals surface area contributed by atoms with Crippen LogP contribution in [0.15, 0.2) is 24.5 Å². The molecule has 0 saturated carbocycles. The number of primary amides is 1. The van der Waals surface area contributed by atoms with Gasteiger partial charge in [0.05, 0.1) is 30.8 Å². The van der Waals surface area contributed by atoms with Crippen molar-refractivity contribution in [1.82, 2.24) is 14.9 Å². The van der Waals surface area contributed by atoms with Gasteiger partial charge in [-0.15, -0.1) is 0 Å². The van der Waals surface area contributed by atoms with Crippen molar-refractivity contribution in [1.29, 1.82) is 5.41 Å². The van der Waals surface area contributed by atoms with Crippen molar-refractivity contribution in [2.75, 3.05) is 44.3 Å². The summed E-state index contributed by atoms with van der Waals surface area (Å²) < 4.78 is 83.0. The summed E-state index contributed by atoms with van der Waals surface area (Å²) in [6.07, 6.45) is -7.12. The summed E-state index contributed by atoms with van der Waals surface area (Å²) in [6.45, 7) is 1.16. The molecule has 1 aliphatic rings. The highest BCUT2D eigenvalue weighted by Gasteiger charge is 2.33. The molecule has 0 unspecified atom stereocenters. The van der Waals surface area contributed by atoms with E-state index in [2.05, 4.69) is 9.97 Å². The Kier molecular flexibility index (Phi) is 8.91. The first kappa shape index (κ1) is 28.8. The Balaban J connectivity index is 1.47. The molecule has 0 bridgehead atoms. The molecule has 1 aliphatic heterocycles. The molecule has 2 amide bonds. The van der Waals surface area contributed by atoms with Crippen LogP contribution < -0.4 is 10.6 Å². The fourth-order valence-electron chi connectivity index (χ4n) is 3.85. The maximum atomic E-state index is 13.2. The molecular formula is C23H24F6N6O3. The standard InChI is InChI=1S/C23H24F6N6O3/c24-22(25,26)15-9-14(18(11-30)17(10-15)20(31)37)1-7-38-8-2-19(36)34-3-5-35(6-4-34)21-32-12-16(13-33-21)23(27,28)29/h9-13,30H,1-8H2,(H2,31,37). The largest absolute Gasteiger partial charge is 0.419 e. The molecule has 0 radical (unpaired) electrons. The molecule has 1 aromatic heterocycles. The molecule has 2 heterocycles. The van der Waals surface area contributed by atoms with Gasteiger partial charge in [0.1, 0.15) is 0 Å². The Morgan fingerprint density at radius 1 is 0.974 bits per heavy atom. The van der Waals surface area contributed by atoms with Gasteiger partial charge < -0.3 is 25.7 Å². The molecule has 206 valence electrons. The van der Waals surface area contributed by atoms with Crippen LogP contribution in [0.1, 0.15) is 39.0 Å². The van der Waals surface area contributed by atoms with Crippen molar-refractivity contribution in [3.8, 4) is 0 Å². The second kappa shape index (κ2) is 11.8. The highest BCUT2D eigenvalue weighted by atomic mass is 19.4. The molecule has 38 heavy (non-hydrogen) atoms. The number of nitrogens with two attached hydrogens (primary N) is 1. The summed E-state index contributed by atoms with van der Waals surface area (Å²) in [4.78, 5) is 34.8. The summed E-state index contributed by atoms with van der Waals surface area (Å²) >= 11 is 0. The first-order valence-electron chi connectivity index (χ1n) is 11.4. The number of carbonyl (C=O) groups excluding carboxylic acids is 2. The van der Waals surface area contributed by atoms with E-state index in [4.69, 9.17) is 15.9 Å².